The highest BCUT2D eigenvalue weighted by atomic mass is 19.2. The first-order chi connectivity index (χ1) is 9.21. The van der Waals surface area contributed by atoms with Crippen LogP contribution in [-0.2, 0) is 5.41 Å². The maximum Gasteiger partial charge on any atom is 0.169 e. The summed E-state index contributed by atoms with van der Waals surface area (Å²) in [6.07, 6.45) is 0. The third-order valence-electron chi connectivity index (χ3n) is 3.15. The van der Waals surface area contributed by atoms with Gasteiger partial charge in [-0.2, -0.15) is 0 Å². The molecule has 2 aromatic carbocycles. The van der Waals surface area contributed by atoms with Crippen LogP contribution in [0.5, 0.6) is 0 Å². The van der Waals surface area contributed by atoms with Crippen molar-refractivity contribution in [2.75, 3.05) is 0 Å². The molecule has 0 atom stereocenters. The van der Waals surface area contributed by atoms with Gasteiger partial charge in [-0.25, -0.2) is 17.6 Å². The highest BCUT2D eigenvalue weighted by Crippen LogP contribution is 2.31. The van der Waals surface area contributed by atoms with Crippen LogP contribution in [0, 0.1) is 23.3 Å². The molecule has 106 valence electrons. The Kier molecular flexibility index (Phi) is 3.59. The minimum absolute atomic E-state index is 0.103. The Bertz CT molecular complexity index is 611. The van der Waals surface area contributed by atoms with Crippen molar-refractivity contribution in [1.29, 1.82) is 0 Å². The number of halogens is 4. The molecular weight excluding hydrogens is 268 g/mol. The standard InChI is InChI=1S/C16H14F4/c1-16(2,3)10-6-4-9(5-7-10)13-14(19)11(17)8-12(18)15(13)20/h4-8H,1-3H3. The molecule has 0 saturated carbocycles. The Morgan fingerprint density at radius 2 is 1.20 bits per heavy atom. The summed E-state index contributed by atoms with van der Waals surface area (Å²) < 4.78 is 53.7. The van der Waals surface area contributed by atoms with Gasteiger partial charge in [0.15, 0.2) is 23.3 Å². The first-order valence-corrected chi connectivity index (χ1v) is 6.15. The topological polar surface area (TPSA) is 0 Å². The van der Waals surface area contributed by atoms with Gasteiger partial charge in [0.1, 0.15) is 0 Å². The fourth-order valence-corrected chi connectivity index (χ4v) is 1.96. The van der Waals surface area contributed by atoms with Crippen LogP contribution >= 0.6 is 0 Å². The summed E-state index contributed by atoms with van der Waals surface area (Å²) in [4.78, 5) is 0. The number of hydrogen-bond donors (Lipinski definition) is 0. The fraction of sp³-hybridized carbons (Fsp3) is 0.250. The fourth-order valence-electron chi connectivity index (χ4n) is 1.96. The second-order valence-electron chi connectivity index (χ2n) is 5.67. The number of benzene rings is 2. The molecule has 0 spiro atoms. The lowest BCUT2D eigenvalue weighted by atomic mass is 9.86. The van der Waals surface area contributed by atoms with Gasteiger partial charge in [-0.1, -0.05) is 45.0 Å². The molecule has 20 heavy (non-hydrogen) atoms. The van der Waals surface area contributed by atoms with Crippen molar-refractivity contribution in [3.8, 4) is 11.1 Å². The molecule has 2 aromatic rings. The molecule has 0 heterocycles. The Morgan fingerprint density at radius 1 is 0.750 bits per heavy atom. The minimum atomic E-state index is -1.40. The molecule has 0 aliphatic rings. The van der Waals surface area contributed by atoms with E-state index in [1.54, 1.807) is 12.1 Å². The molecule has 0 aromatic heterocycles. The van der Waals surface area contributed by atoms with E-state index < -0.39 is 28.8 Å². The van der Waals surface area contributed by atoms with Gasteiger partial charge in [0.05, 0.1) is 5.56 Å². The summed E-state index contributed by atoms with van der Waals surface area (Å²) in [7, 11) is 0. The molecular formula is C16H14F4. The van der Waals surface area contributed by atoms with E-state index in [1.807, 2.05) is 20.8 Å². The molecule has 0 aliphatic heterocycles. The lowest BCUT2D eigenvalue weighted by Crippen LogP contribution is -2.10. The Hall–Kier alpha value is -1.84. The lowest BCUT2D eigenvalue weighted by Gasteiger charge is -2.19. The summed E-state index contributed by atoms with van der Waals surface area (Å²) in [5.74, 6) is -5.57. The number of rotatable bonds is 1. The van der Waals surface area contributed by atoms with Gasteiger partial charge in [0.25, 0.3) is 0 Å². The van der Waals surface area contributed by atoms with Gasteiger partial charge in [-0.3, -0.25) is 0 Å². The predicted octanol–water partition coefficient (Wildman–Crippen LogP) is 5.21. The SMILES string of the molecule is CC(C)(C)c1ccc(-c2c(F)c(F)cc(F)c2F)cc1. The van der Waals surface area contributed by atoms with Crippen LogP contribution in [0.3, 0.4) is 0 Å². The van der Waals surface area contributed by atoms with Crippen LogP contribution in [0.2, 0.25) is 0 Å². The monoisotopic (exact) mass is 282 g/mol. The summed E-state index contributed by atoms with van der Waals surface area (Å²) >= 11 is 0. The maximum atomic E-state index is 13.7. The second-order valence-corrected chi connectivity index (χ2v) is 5.67. The third-order valence-corrected chi connectivity index (χ3v) is 3.15. The van der Waals surface area contributed by atoms with E-state index in [0.717, 1.165) is 5.56 Å². The summed E-state index contributed by atoms with van der Waals surface area (Å²) in [5, 5.41) is 0. The van der Waals surface area contributed by atoms with Crippen LogP contribution in [-0.4, -0.2) is 0 Å². The molecule has 0 N–H and O–H groups in total. The smallest absolute Gasteiger partial charge is 0.169 e. The highest BCUT2D eigenvalue weighted by molar-refractivity contribution is 5.65. The Balaban J connectivity index is 2.58. The Morgan fingerprint density at radius 3 is 1.60 bits per heavy atom. The van der Waals surface area contributed by atoms with Crippen LogP contribution < -0.4 is 0 Å². The van der Waals surface area contributed by atoms with Crippen molar-refractivity contribution in [3.63, 3.8) is 0 Å². The second kappa shape index (κ2) is 4.93. The van der Waals surface area contributed by atoms with Crippen molar-refractivity contribution in [2.24, 2.45) is 0 Å². The zero-order chi connectivity index (χ0) is 15.1. The summed E-state index contributed by atoms with van der Waals surface area (Å²) in [6, 6.07) is 6.51. The van der Waals surface area contributed by atoms with Crippen LogP contribution in [0.15, 0.2) is 30.3 Å². The van der Waals surface area contributed by atoms with E-state index in [1.165, 1.54) is 12.1 Å². The molecule has 0 unspecified atom stereocenters. The van der Waals surface area contributed by atoms with E-state index in [-0.39, 0.29) is 17.0 Å². The average molecular weight is 282 g/mol. The molecule has 0 amide bonds. The molecule has 0 radical (unpaired) electrons. The van der Waals surface area contributed by atoms with Crippen molar-refractivity contribution in [3.05, 3.63) is 59.2 Å². The van der Waals surface area contributed by atoms with E-state index in [4.69, 9.17) is 0 Å². The van der Waals surface area contributed by atoms with Crippen LogP contribution in [0.1, 0.15) is 26.3 Å². The van der Waals surface area contributed by atoms with Crippen molar-refractivity contribution < 1.29 is 17.6 Å². The highest BCUT2D eigenvalue weighted by Gasteiger charge is 2.21. The maximum absolute atomic E-state index is 13.7. The van der Waals surface area contributed by atoms with E-state index in [9.17, 15) is 17.6 Å². The van der Waals surface area contributed by atoms with Crippen molar-refractivity contribution >= 4 is 0 Å². The van der Waals surface area contributed by atoms with Gasteiger partial charge >= 0.3 is 0 Å². The zero-order valence-electron chi connectivity index (χ0n) is 11.4. The molecule has 0 bridgehead atoms. The van der Waals surface area contributed by atoms with E-state index in [2.05, 4.69) is 0 Å². The van der Waals surface area contributed by atoms with Gasteiger partial charge in [-0.05, 0) is 16.5 Å². The van der Waals surface area contributed by atoms with E-state index in [0.29, 0.717) is 0 Å². The van der Waals surface area contributed by atoms with Gasteiger partial charge in [-0.15, -0.1) is 0 Å². The largest absolute Gasteiger partial charge is 0.204 e. The zero-order valence-corrected chi connectivity index (χ0v) is 11.4. The normalized spacial score (nSPS) is 11.8. The van der Waals surface area contributed by atoms with Gasteiger partial charge < -0.3 is 0 Å². The van der Waals surface area contributed by atoms with Gasteiger partial charge in [0, 0.05) is 6.07 Å². The average Bonchev–Trinajstić information content (AvgIpc) is 2.36. The van der Waals surface area contributed by atoms with Crippen molar-refractivity contribution in [2.45, 2.75) is 26.2 Å². The lowest BCUT2D eigenvalue weighted by molar-refractivity contribution is 0.458. The van der Waals surface area contributed by atoms with Crippen LogP contribution in [0.4, 0.5) is 17.6 Å². The molecule has 0 nitrogen and oxygen atoms in total. The third kappa shape index (κ3) is 2.55. The van der Waals surface area contributed by atoms with Crippen molar-refractivity contribution in [1.82, 2.24) is 0 Å². The van der Waals surface area contributed by atoms with E-state index >= 15 is 0 Å². The quantitative estimate of drug-likeness (QED) is 0.497. The first kappa shape index (κ1) is 14.6. The molecule has 0 aliphatic carbocycles. The molecule has 2 rings (SSSR count). The number of hydrogen-bond acceptors (Lipinski definition) is 0. The molecule has 4 heteroatoms. The van der Waals surface area contributed by atoms with Crippen LogP contribution in [0.25, 0.3) is 11.1 Å². The minimum Gasteiger partial charge on any atom is -0.204 e. The molecule has 0 fully saturated rings. The Labute approximate surface area is 115 Å². The molecule has 0 saturated heterocycles. The predicted molar refractivity (Wildman–Crippen MR) is 70.4 cm³/mol. The summed E-state index contributed by atoms with van der Waals surface area (Å²) in [6.45, 7) is 5.97. The van der Waals surface area contributed by atoms with Gasteiger partial charge in [0.2, 0.25) is 0 Å². The first-order valence-electron chi connectivity index (χ1n) is 6.15. The summed E-state index contributed by atoms with van der Waals surface area (Å²) in [5.41, 5.74) is 0.260.